The summed E-state index contributed by atoms with van der Waals surface area (Å²) in [5.41, 5.74) is 0. The third kappa shape index (κ3) is 9.52. The second-order valence-corrected chi connectivity index (χ2v) is 10.2. The molecule has 0 saturated carbocycles. The Morgan fingerprint density at radius 1 is 0.773 bits per heavy atom. The van der Waals surface area contributed by atoms with Crippen molar-refractivity contribution in [2.24, 2.45) is 0 Å². The molecule has 1 aromatic carbocycles. The summed E-state index contributed by atoms with van der Waals surface area (Å²) in [6.07, 6.45) is 0.238. The van der Waals surface area contributed by atoms with E-state index in [-0.39, 0.29) is 12.2 Å². The van der Waals surface area contributed by atoms with Crippen LogP contribution in [0.4, 0.5) is 0 Å². The summed E-state index contributed by atoms with van der Waals surface area (Å²) in [5, 5.41) is 0. The van der Waals surface area contributed by atoms with Crippen LogP contribution in [0, 0.1) is 0 Å². The van der Waals surface area contributed by atoms with Gasteiger partial charge in [-0.3, -0.25) is 0 Å². The van der Waals surface area contributed by atoms with Gasteiger partial charge in [-0.25, -0.2) is 0 Å². The molecule has 0 aromatic heterocycles. The van der Waals surface area contributed by atoms with Crippen molar-refractivity contribution in [3.8, 4) is 0 Å². The summed E-state index contributed by atoms with van der Waals surface area (Å²) in [4.78, 5) is 2.27. The Balaban J connectivity index is 2.36. The molecule has 1 aromatic rings. The van der Waals surface area contributed by atoms with E-state index in [4.69, 9.17) is 33.9 Å². The summed E-state index contributed by atoms with van der Waals surface area (Å²) in [6.45, 7) is 7.87. The molecule has 0 atom stereocenters. The summed E-state index contributed by atoms with van der Waals surface area (Å²) >= 11 is 10.3. The van der Waals surface area contributed by atoms with Crippen LogP contribution < -0.4 is 0 Å². The van der Waals surface area contributed by atoms with Crippen molar-refractivity contribution in [2.75, 3.05) is 0 Å². The molecule has 0 aliphatic carbocycles. The van der Waals surface area contributed by atoms with Crippen molar-refractivity contribution in [1.82, 2.24) is 0 Å². The number of rotatable bonds is 6. The minimum absolute atomic E-state index is 0.119. The van der Waals surface area contributed by atoms with Crippen LogP contribution in [0.15, 0.2) is 34.1 Å². The van der Waals surface area contributed by atoms with Crippen LogP contribution in [0.3, 0.4) is 0 Å². The van der Waals surface area contributed by atoms with Crippen molar-refractivity contribution in [3.05, 3.63) is 24.3 Å². The van der Waals surface area contributed by atoms with Gasteiger partial charge >= 0.3 is 0 Å². The van der Waals surface area contributed by atoms with Crippen LogP contribution in [0.1, 0.15) is 27.7 Å². The van der Waals surface area contributed by atoms with E-state index in [9.17, 15) is 0 Å². The zero-order valence-corrected chi connectivity index (χ0v) is 17.6. The largest absolute Gasteiger partial charge is 0.475 e. The number of hydrogen-bond donors (Lipinski definition) is 0. The fourth-order valence-electron chi connectivity index (χ4n) is 1.14. The Bertz CT molecular complexity index is 442. The van der Waals surface area contributed by atoms with Gasteiger partial charge in [0.1, 0.15) is 0 Å². The highest BCUT2D eigenvalue weighted by Gasteiger charge is 2.06. The molecule has 0 amide bonds. The van der Waals surface area contributed by atoms with Gasteiger partial charge in [0.15, 0.2) is 0 Å². The van der Waals surface area contributed by atoms with E-state index in [1.165, 1.54) is 21.6 Å². The lowest BCUT2D eigenvalue weighted by Crippen LogP contribution is -2.04. The molecule has 0 N–H and O–H groups in total. The molecule has 0 spiro atoms. The predicted molar refractivity (Wildman–Crippen MR) is 111 cm³/mol. The van der Waals surface area contributed by atoms with Crippen LogP contribution >= 0.6 is 67.6 Å². The van der Waals surface area contributed by atoms with Gasteiger partial charge in [0.25, 0.3) is 0 Å². The molecule has 0 aliphatic rings. The second kappa shape index (κ2) is 11.0. The fourth-order valence-corrected chi connectivity index (χ4v) is 5.31. The highest BCUT2D eigenvalue weighted by molar-refractivity contribution is 8.84. The summed E-state index contributed by atoms with van der Waals surface area (Å²) in [6, 6.07) is 8.24. The molecule has 1 rings (SSSR count). The minimum Gasteiger partial charge on any atom is -0.475 e. The van der Waals surface area contributed by atoms with Crippen LogP contribution in [0.25, 0.3) is 0 Å². The van der Waals surface area contributed by atoms with Crippen molar-refractivity contribution in [3.63, 3.8) is 0 Å². The number of hydrogen-bond acceptors (Lipinski definition) is 8. The van der Waals surface area contributed by atoms with E-state index in [1.807, 2.05) is 27.7 Å². The molecule has 0 saturated heterocycles. The maximum absolute atomic E-state index is 5.43. The monoisotopic (exact) mass is 410 g/mol. The van der Waals surface area contributed by atoms with Crippen LogP contribution in [-0.4, -0.2) is 21.0 Å². The molecule has 8 heteroatoms. The average molecular weight is 411 g/mol. The molecule has 0 fully saturated rings. The maximum Gasteiger partial charge on any atom is 0.231 e. The molecule has 122 valence electrons. The first-order valence-corrected chi connectivity index (χ1v) is 11.7. The van der Waals surface area contributed by atoms with Gasteiger partial charge < -0.3 is 9.47 Å². The second-order valence-electron chi connectivity index (χ2n) is 4.64. The summed E-state index contributed by atoms with van der Waals surface area (Å²) in [5.74, 6) is 0. The van der Waals surface area contributed by atoms with Gasteiger partial charge in [-0.05, 0) is 120 Å². The van der Waals surface area contributed by atoms with Crippen molar-refractivity contribution < 1.29 is 9.47 Å². The van der Waals surface area contributed by atoms with E-state index in [1.54, 1.807) is 21.6 Å². The van der Waals surface area contributed by atoms with E-state index in [2.05, 4.69) is 24.3 Å². The molecule has 0 aliphatic heterocycles. The standard InChI is InChI=1S/C14H18O2S6/c1-9(2)15-13(17)21-19-11-5-7-12(8-6-11)20-22-14(18)16-10(3)4/h5-10H,1-4H3. The van der Waals surface area contributed by atoms with Gasteiger partial charge in [-0.2, -0.15) is 0 Å². The molecular formula is C14H18O2S6. The van der Waals surface area contributed by atoms with E-state index in [0.29, 0.717) is 8.77 Å². The maximum atomic E-state index is 5.43. The fraction of sp³-hybridized carbons (Fsp3) is 0.429. The number of ether oxygens (including phenoxy) is 2. The van der Waals surface area contributed by atoms with E-state index < -0.39 is 0 Å². The third-order valence-corrected chi connectivity index (χ3v) is 7.35. The highest BCUT2D eigenvalue weighted by atomic mass is 33.1. The Morgan fingerprint density at radius 3 is 1.36 bits per heavy atom. The zero-order chi connectivity index (χ0) is 16.5. The van der Waals surface area contributed by atoms with Crippen molar-refractivity contribution >= 4 is 76.4 Å². The predicted octanol–water partition coefficient (Wildman–Crippen LogP) is 6.59. The van der Waals surface area contributed by atoms with E-state index >= 15 is 0 Å². The minimum atomic E-state index is 0.119. The van der Waals surface area contributed by atoms with Crippen LogP contribution in [0.2, 0.25) is 0 Å². The normalized spacial score (nSPS) is 10.8. The highest BCUT2D eigenvalue weighted by Crippen LogP contribution is 2.37. The first-order valence-electron chi connectivity index (χ1n) is 6.57. The van der Waals surface area contributed by atoms with Gasteiger partial charge in [0, 0.05) is 9.79 Å². The molecular weight excluding hydrogens is 393 g/mol. The van der Waals surface area contributed by atoms with Gasteiger partial charge in [-0.15, -0.1) is 0 Å². The molecule has 0 unspecified atom stereocenters. The average Bonchev–Trinajstić information content (AvgIpc) is 2.42. The lowest BCUT2D eigenvalue weighted by molar-refractivity contribution is 0.243. The van der Waals surface area contributed by atoms with Crippen molar-refractivity contribution in [2.45, 2.75) is 49.7 Å². The smallest absolute Gasteiger partial charge is 0.231 e. The summed E-state index contributed by atoms with van der Waals surface area (Å²) in [7, 11) is 6.12. The van der Waals surface area contributed by atoms with Gasteiger partial charge in [0.2, 0.25) is 8.77 Å². The Hall–Kier alpha value is 0.400. The first kappa shape index (κ1) is 20.4. The third-order valence-electron chi connectivity index (χ3n) is 1.90. The molecule has 22 heavy (non-hydrogen) atoms. The SMILES string of the molecule is CC(C)OC(=S)SSc1ccc(SSC(=S)OC(C)C)cc1. The Labute approximate surface area is 159 Å². The molecule has 2 nitrogen and oxygen atoms in total. The van der Waals surface area contributed by atoms with E-state index in [0.717, 1.165) is 9.79 Å². The van der Waals surface area contributed by atoms with Gasteiger partial charge in [0.05, 0.1) is 12.2 Å². The Morgan fingerprint density at radius 2 is 1.09 bits per heavy atom. The lowest BCUT2D eigenvalue weighted by Gasteiger charge is -2.10. The van der Waals surface area contributed by atoms with Crippen molar-refractivity contribution in [1.29, 1.82) is 0 Å². The first-order chi connectivity index (χ1) is 10.4. The molecule has 0 radical (unpaired) electrons. The number of benzene rings is 1. The van der Waals surface area contributed by atoms with Crippen LogP contribution in [-0.2, 0) is 9.47 Å². The Kier molecular flexibility index (Phi) is 10.3. The topological polar surface area (TPSA) is 18.5 Å². The lowest BCUT2D eigenvalue weighted by atomic mass is 10.4. The quantitative estimate of drug-likeness (QED) is 0.381. The van der Waals surface area contributed by atoms with Crippen LogP contribution in [0.5, 0.6) is 0 Å². The zero-order valence-electron chi connectivity index (χ0n) is 12.7. The molecule has 0 bridgehead atoms. The summed E-state index contributed by atoms with van der Waals surface area (Å²) < 4.78 is 12.0. The number of thiocarbonyl (C=S) groups is 2. The molecule has 0 heterocycles. The van der Waals surface area contributed by atoms with Gasteiger partial charge in [-0.1, -0.05) is 0 Å².